The Kier molecular flexibility index (Phi) is 28.9. The summed E-state index contributed by atoms with van der Waals surface area (Å²) in [5.74, 6) is 5.54. The van der Waals surface area contributed by atoms with Gasteiger partial charge in [0, 0.05) is 5.75 Å². The van der Waals surface area contributed by atoms with E-state index in [9.17, 15) is 0 Å². The van der Waals surface area contributed by atoms with Crippen molar-refractivity contribution in [2.75, 3.05) is 52.0 Å². The summed E-state index contributed by atoms with van der Waals surface area (Å²) < 4.78 is 15.5. The maximum absolute atomic E-state index is 5.21. The number of nitrogens with two attached hydrogens (primary N) is 1. The summed E-state index contributed by atoms with van der Waals surface area (Å²) in [6.07, 6.45) is 0. The predicted molar refractivity (Wildman–Crippen MR) is 70.9 cm³/mol. The zero-order chi connectivity index (χ0) is 10.5. The highest BCUT2D eigenvalue weighted by molar-refractivity contribution is 7.80. The molecule has 0 aromatic rings. The fourth-order valence-corrected chi connectivity index (χ4v) is 0.843. The fraction of sp³-hybridized carbons (Fsp3) is 1.00. The van der Waals surface area contributed by atoms with Crippen molar-refractivity contribution in [1.82, 2.24) is 0 Å². The molecule has 0 aromatic heterocycles. The molecular weight excluding hydrogens is 277 g/mol. The largest absolute Gasteiger partial charge is 0.378 e. The van der Waals surface area contributed by atoms with Crippen LogP contribution in [0.4, 0.5) is 0 Å². The Balaban J connectivity index is -0.000000845. The van der Waals surface area contributed by atoms with Gasteiger partial charge in [-0.2, -0.15) is 12.6 Å². The van der Waals surface area contributed by atoms with Crippen LogP contribution in [0, 0.1) is 0 Å². The molecule has 0 radical (unpaired) electrons. The first kappa shape index (κ1) is 22.0. The molecule has 2 N–H and O–H groups in total. The molecule has 0 fully saturated rings. The Hall–Kier alpha value is 0.730. The molecule has 0 aliphatic rings. The number of halogens is 2. The SMILES string of the molecule is Cl.Cl.NOCCOCCOCCOCCS. The highest BCUT2D eigenvalue weighted by Gasteiger charge is 1.90. The predicted octanol–water partition coefficient (Wildman–Crippen LogP) is 0.700. The van der Waals surface area contributed by atoms with Gasteiger partial charge < -0.3 is 19.0 Å². The molecule has 0 spiro atoms. The summed E-state index contributed by atoms with van der Waals surface area (Å²) in [5, 5.41) is 0. The molecule has 102 valence electrons. The maximum atomic E-state index is 5.21. The Morgan fingerprint density at radius 1 is 0.688 bits per heavy atom. The third-order valence-electron chi connectivity index (χ3n) is 1.33. The van der Waals surface area contributed by atoms with Crippen LogP contribution in [0.3, 0.4) is 0 Å². The van der Waals surface area contributed by atoms with E-state index in [4.69, 9.17) is 20.1 Å². The van der Waals surface area contributed by atoms with Crippen molar-refractivity contribution in [2.24, 2.45) is 5.90 Å². The van der Waals surface area contributed by atoms with Gasteiger partial charge in [0.1, 0.15) is 0 Å². The number of rotatable bonds is 11. The molecule has 0 bridgehead atoms. The molecule has 0 saturated carbocycles. The van der Waals surface area contributed by atoms with Crippen LogP contribution in [0.2, 0.25) is 0 Å². The second-order valence-corrected chi connectivity index (χ2v) is 2.88. The molecule has 8 heteroatoms. The van der Waals surface area contributed by atoms with Gasteiger partial charge in [0.15, 0.2) is 0 Å². The van der Waals surface area contributed by atoms with Crippen LogP contribution in [-0.2, 0) is 19.0 Å². The Morgan fingerprint density at radius 3 is 1.44 bits per heavy atom. The lowest BCUT2D eigenvalue weighted by atomic mass is 10.7. The average molecular weight is 298 g/mol. The molecule has 0 aliphatic heterocycles. The van der Waals surface area contributed by atoms with Crippen molar-refractivity contribution in [3.8, 4) is 0 Å². The second-order valence-electron chi connectivity index (χ2n) is 2.43. The van der Waals surface area contributed by atoms with Gasteiger partial charge >= 0.3 is 0 Å². The molecule has 0 atom stereocenters. The molecule has 0 aliphatic carbocycles. The van der Waals surface area contributed by atoms with Gasteiger partial charge in [-0.3, -0.25) is 0 Å². The molecule has 0 amide bonds. The monoisotopic (exact) mass is 297 g/mol. The van der Waals surface area contributed by atoms with E-state index in [1.807, 2.05) is 0 Å². The van der Waals surface area contributed by atoms with Crippen LogP contribution in [-0.4, -0.2) is 52.0 Å². The van der Waals surface area contributed by atoms with Gasteiger partial charge in [-0.25, -0.2) is 5.90 Å². The fourth-order valence-electron chi connectivity index (χ4n) is 0.713. The zero-order valence-electron chi connectivity index (χ0n) is 9.13. The average Bonchev–Trinajstić information content (AvgIpc) is 2.21. The summed E-state index contributed by atoms with van der Waals surface area (Å²) >= 11 is 4.00. The lowest BCUT2D eigenvalue weighted by molar-refractivity contribution is -0.000440. The standard InChI is InChI=1S/C8H19NO4S.2ClH/c9-13-6-5-11-2-1-10-3-4-12-7-8-14;;/h14H,1-9H2;2*1H. The van der Waals surface area contributed by atoms with E-state index in [1.165, 1.54) is 0 Å². The molecule has 0 rings (SSSR count). The zero-order valence-corrected chi connectivity index (χ0v) is 11.7. The summed E-state index contributed by atoms with van der Waals surface area (Å²) in [4.78, 5) is 4.32. The highest BCUT2D eigenvalue weighted by atomic mass is 35.5. The Bertz CT molecular complexity index is 104. The van der Waals surface area contributed by atoms with E-state index in [0.717, 1.165) is 5.75 Å². The number of hydrogen-bond acceptors (Lipinski definition) is 6. The second kappa shape index (κ2) is 21.1. The minimum absolute atomic E-state index is 0. The third kappa shape index (κ3) is 20.2. The topological polar surface area (TPSA) is 62.9 Å². The quantitative estimate of drug-likeness (QED) is 0.334. The van der Waals surface area contributed by atoms with E-state index in [2.05, 4.69) is 17.5 Å². The lowest BCUT2D eigenvalue weighted by Gasteiger charge is -2.05. The van der Waals surface area contributed by atoms with E-state index >= 15 is 0 Å². The van der Waals surface area contributed by atoms with Gasteiger partial charge in [0.2, 0.25) is 0 Å². The van der Waals surface area contributed by atoms with Crippen LogP contribution in [0.5, 0.6) is 0 Å². The Labute approximate surface area is 115 Å². The number of ether oxygens (including phenoxy) is 3. The first-order valence-electron chi connectivity index (χ1n) is 4.57. The molecule has 0 aromatic carbocycles. The van der Waals surface area contributed by atoms with E-state index in [1.54, 1.807) is 0 Å². The number of hydrogen-bond donors (Lipinski definition) is 2. The van der Waals surface area contributed by atoms with Crippen molar-refractivity contribution in [3.63, 3.8) is 0 Å². The molecule has 0 heterocycles. The van der Waals surface area contributed by atoms with Gasteiger partial charge in [-0.15, -0.1) is 24.8 Å². The van der Waals surface area contributed by atoms with Crippen molar-refractivity contribution < 1.29 is 19.0 Å². The molecule has 16 heavy (non-hydrogen) atoms. The van der Waals surface area contributed by atoms with Gasteiger partial charge in [0.05, 0.1) is 46.2 Å². The summed E-state index contributed by atoms with van der Waals surface area (Å²) in [6, 6.07) is 0. The van der Waals surface area contributed by atoms with Crippen LogP contribution in [0.15, 0.2) is 0 Å². The smallest absolute Gasteiger partial charge is 0.0913 e. The lowest BCUT2D eigenvalue weighted by Crippen LogP contribution is -2.13. The van der Waals surface area contributed by atoms with E-state index in [0.29, 0.717) is 46.2 Å². The van der Waals surface area contributed by atoms with E-state index < -0.39 is 0 Å². The van der Waals surface area contributed by atoms with Gasteiger partial charge in [-0.1, -0.05) is 0 Å². The van der Waals surface area contributed by atoms with Crippen LogP contribution >= 0.6 is 37.4 Å². The minimum atomic E-state index is 0. The van der Waals surface area contributed by atoms with Crippen LogP contribution in [0.25, 0.3) is 0 Å². The number of thiol groups is 1. The third-order valence-corrected chi connectivity index (χ3v) is 1.51. The van der Waals surface area contributed by atoms with Gasteiger partial charge in [-0.05, 0) is 0 Å². The van der Waals surface area contributed by atoms with Crippen molar-refractivity contribution >= 4 is 37.4 Å². The molecular formula is C8H21Cl2NO4S. The van der Waals surface area contributed by atoms with Crippen LogP contribution in [0.1, 0.15) is 0 Å². The molecule has 5 nitrogen and oxygen atoms in total. The first-order chi connectivity index (χ1) is 6.91. The minimum Gasteiger partial charge on any atom is -0.378 e. The van der Waals surface area contributed by atoms with E-state index in [-0.39, 0.29) is 24.8 Å². The van der Waals surface area contributed by atoms with Crippen molar-refractivity contribution in [2.45, 2.75) is 0 Å². The maximum Gasteiger partial charge on any atom is 0.0913 e. The summed E-state index contributed by atoms with van der Waals surface area (Å²) in [7, 11) is 0. The highest BCUT2D eigenvalue weighted by Crippen LogP contribution is 1.82. The normalized spacial score (nSPS) is 9.38. The summed E-state index contributed by atoms with van der Waals surface area (Å²) in [6.45, 7) is 3.87. The van der Waals surface area contributed by atoms with Crippen molar-refractivity contribution in [1.29, 1.82) is 0 Å². The summed E-state index contributed by atoms with van der Waals surface area (Å²) in [5.41, 5.74) is 0. The first-order valence-corrected chi connectivity index (χ1v) is 5.21. The molecule has 0 saturated heterocycles. The van der Waals surface area contributed by atoms with Gasteiger partial charge in [0.25, 0.3) is 0 Å². The molecule has 0 unspecified atom stereocenters. The van der Waals surface area contributed by atoms with Crippen molar-refractivity contribution in [3.05, 3.63) is 0 Å². The Morgan fingerprint density at radius 2 is 1.06 bits per heavy atom. The van der Waals surface area contributed by atoms with Crippen LogP contribution < -0.4 is 5.90 Å².